The van der Waals surface area contributed by atoms with Crippen molar-refractivity contribution in [2.45, 2.75) is 39.0 Å². The number of carbonyl (C=O) groups excluding carboxylic acids is 1. The van der Waals surface area contributed by atoms with Gasteiger partial charge in [-0.05, 0) is 33.8 Å². The summed E-state index contributed by atoms with van der Waals surface area (Å²) in [6, 6.07) is 0. The lowest BCUT2D eigenvalue weighted by Crippen LogP contribution is -2.43. The zero-order valence-corrected chi connectivity index (χ0v) is 16.1. The average molecular weight is 367 g/mol. The molecule has 0 heterocycles. The number of alkyl carbamates (subject to hydrolysis) is 1. The molecule has 0 aromatic rings. The number of amides is 1. The highest BCUT2D eigenvalue weighted by Crippen LogP contribution is 2.20. The van der Waals surface area contributed by atoms with Crippen molar-refractivity contribution in [2.75, 3.05) is 19.8 Å². The minimum atomic E-state index is -3.68. The number of rotatable bonds is 7. The molecule has 1 unspecified atom stereocenters. The highest BCUT2D eigenvalue weighted by Gasteiger charge is 2.29. The Balaban J connectivity index is 4.83. The Kier molecular flexibility index (Phi) is 7.65. The predicted octanol–water partition coefficient (Wildman–Crippen LogP) is 2.09. The number of thiol groups is 1. The van der Waals surface area contributed by atoms with Gasteiger partial charge in [0, 0.05) is 18.2 Å². The van der Waals surface area contributed by atoms with Crippen molar-refractivity contribution in [1.29, 1.82) is 0 Å². The summed E-state index contributed by atoms with van der Waals surface area (Å²) < 4.78 is 32.8. The van der Waals surface area contributed by atoms with Crippen LogP contribution in [0.15, 0.2) is 23.8 Å². The molecular formula is C14H26N2O5S2. The molecule has 0 aliphatic heterocycles. The van der Waals surface area contributed by atoms with E-state index in [0.29, 0.717) is 4.91 Å². The van der Waals surface area contributed by atoms with Gasteiger partial charge < -0.3 is 15.0 Å². The fourth-order valence-corrected chi connectivity index (χ4v) is 2.47. The van der Waals surface area contributed by atoms with Crippen molar-refractivity contribution in [3.63, 3.8) is 0 Å². The minimum absolute atomic E-state index is 0.120. The molecule has 0 fully saturated rings. The topological polar surface area (TPSA) is 84.9 Å². The molecule has 134 valence electrons. The van der Waals surface area contributed by atoms with E-state index in [0.717, 1.165) is 6.26 Å². The van der Waals surface area contributed by atoms with Gasteiger partial charge in [-0.1, -0.05) is 6.58 Å². The van der Waals surface area contributed by atoms with Gasteiger partial charge in [0.15, 0.2) is 5.72 Å². The second-order valence-electron chi connectivity index (χ2n) is 6.13. The Morgan fingerprint density at radius 1 is 1.35 bits per heavy atom. The highest BCUT2D eigenvalue weighted by atomic mass is 32.2. The van der Waals surface area contributed by atoms with Gasteiger partial charge in [0.05, 0.1) is 12.8 Å². The maximum Gasteiger partial charge on any atom is 0.407 e. The third-order valence-corrected chi connectivity index (χ3v) is 3.47. The molecule has 7 nitrogen and oxygen atoms in total. The van der Waals surface area contributed by atoms with Gasteiger partial charge in [-0.15, -0.1) is 12.6 Å². The van der Waals surface area contributed by atoms with Crippen LogP contribution in [0.5, 0.6) is 0 Å². The lowest BCUT2D eigenvalue weighted by Gasteiger charge is -2.34. The number of likely N-dealkylation sites (N-methyl/N-ethyl adjacent to an activating group) is 1. The third kappa shape index (κ3) is 9.52. The van der Waals surface area contributed by atoms with E-state index in [1.165, 1.54) is 17.2 Å². The summed E-state index contributed by atoms with van der Waals surface area (Å²) in [5.74, 6) is 0. The number of ether oxygens (including phenoxy) is 1. The lowest BCUT2D eigenvalue weighted by atomic mass is 10.2. The number of hydrogen-bond donors (Lipinski definition) is 2. The molecule has 0 aromatic carbocycles. The van der Waals surface area contributed by atoms with Crippen LogP contribution in [-0.2, 0) is 19.0 Å². The van der Waals surface area contributed by atoms with Crippen LogP contribution in [-0.4, -0.2) is 50.6 Å². The first kappa shape index (κ1) is 21.8. The molecule has 0 aliphatic carbocycles. The van der Waals surface area contributed by atoms with Crippen LogP contribution in [0.3, 0.4) is 0 Å². The Morgan fingerprint density at radius 2 is 1.87 bits per heavy atom. The van der Waals surface area contributed by atoms with Crippen molar-refractivity contribution in [3.05, 3.63) is 23.8 Å². The number of nitrogens with zero attached hydrogens (tertiary/aromatic N) is 1. The van der Waals surface area contributed by atoms with Gasteiger partial charge in [0.25, 0.3) is 10.1 Å². The van der Waals surface area contributed by atoms with E-state index in [1.54, 1.807) is 34.7 Å². The second-order valence-corrected chi connectivity index (χ2v) is 8.28. The molecular weight excluding hydrogens is 340 g/mol. The first-order valence-electron chi connectivity index (χ1n) is 6.82. The predicted molar refractivity (Wildman–Crippen MR) is 93.6 cm³/mol. The van der Waals surface area contributed by atoms with E-state index < -0.39 is 27.5 Å². The molecule has 1 amide bonds. The first-order chi connectivity index (χ1) is 10.2. The normalized spacial score (nSPS) is 15.5. The standard InChI is InChI=1S/C14H26N2O5S2/c1-8-14(5,21-23(7,18)19)16(6)10-11(22)9-15-12(17)20-13(2,3)4/h8,10,22H,1,9H2,2-7H3,(H,15,17)/b11-10-. The third-order valence-electron chi connectivity index (χ3n) is 2.55. The molecule has 9 heteroatoms. The summed E-state index contributed by atoms with van der Waals surface area (Å²) in [7, 11) is -2.07. The van der Waals surface area contributed by atoms with Crippen LogP contribution in [0.1, 0.15) is 27.7 Å². The van der Waals surface area contributed by atoms with Gasteiger partial charge in [-0.25, -0.2) is 8.98 Å². The van der Waals surface area contributed by atoms with Crippen molar-refractivity contribution < 1.29 is 22.1 Å². The van der Waals surface area contributed by atoms with Crippen LogP contribution in [0.25, 0.3) is 0 Å². The van der Waals surface area contributed by atoms with Crippen LogP contribution < -0.4 is 5.32 Å². The first-order valence-corrected chi connectivity index (χ1v) is 9.08. The minimum Gasteiger partial charge on any atom is -0.444 e. The van der Waals surface area contributed by atoms with Crippen LogP contribution in [0.4, 0.5) is 4.79 Å². The van der Waals surface area contributed by atoms with Gasteiger partial charge in [-0.3, -0.25) is 0 Å². The largest absolute Gasteiger partial charge is 0.444 e. The molecule has 0 radical (unpaired) electrons. The summed E-state index contributed by atoms with van der Waals surface area (Å²) >= 11 is 4.25. The van der Waals surface area contributed by atoms with Gasteiger partial charge in [0.1, 0.15) is 5.60 Å². The van der Waals surface area contributed by atoms with E-state index in [1.807, 2.05) is 0 Å². The van der Waals surface area contributed by atoms with Crippen molar-refractivity contribution in [1.82, 2.24) is 10.2 Å². The smallest absolute Gasteiger partial charge is 0.407 e. The number of nitrogens with one attached hydrogen (secondary N) is 1. The lowest BCUT2D eigenvalue weighted by molar-refractivity contribution is 0.0259. The Bertz CT molecular complexity index is 566. The molecule has 0 spiro atoms. The van der Waals surface area contributed by atoms with Crippen LogP contribution >= 0.6 is 12.6 Å². The maximum atomic E-state index is 11.6. The molecule has 0 aliphatic rings. The summed E-state index contributed by atoms with van der Waals surface area (Å²) in [5.41, 5.74) is -1.86. The second kappa shape index (κ2) is 8.07. The Hall–Kier alpha value is -1.19. The van der Waals surface area contributed by atoms with Crippen LogP contribution in [0.2, 0.25) is 0 Å². The zero-order valence-electron chi connectivity index (χ0n) is 14.4. The van der Waals surface area contributed by atoms with Gasteiger partial charge in [0.2, 0.25) is 0 Å². The maximum absolute atomic E-state index is 11.6. The van der Waals surface area contributed by atoms with Gasteiger partial charge in [-0.2, -0.15) is 8.42 Å². The van der Waals surface area contributed by atoms with E-state index in [-0.39, 0.29) is 6.54 Å². The average Bonchev–Trinajstić information content (AvgIpc) is 2.32. The fraction of sp³-hybridized carbons (Fsp3) is 0.643. The quantitative estimate of drug-likeness (QED) is 0.311. The molecule has 0 saturated heterocycles. The molecule has 0 aromatic heterocycles. The molecule has 0 saturated carbocycles. The van der Waals surface area contributed by atoms with E-state index in [4.69, 9.17) is 8.92 Å². The highest BCUT2D eigenvalue weighted by molar-refractivity contribution is 7.86. The Labute approximate surface area is 144 Å². The van der Waals surface area contributed by atoms with Gasteiger partial charge >= 0.3 is 6.09 Å². The van der Waals surface area contributed by atoms with Crippen LogP contribution in [0, 0.1) is 0 Å². The Morgan fingerprint density at radius 3 is 2.26 bits per heavy atom. The van der Waals surface area contributed by atoms with Crippen molar-refractivity contribution in [3.8, 4) is 0 Å². The number of carbonyl (C=O) groups is 1. The van der Waals surface area contributed by atoms with E-state index >= 15 is 0 Å². The fourth-order valence-electron chi connectivity index (χ4n) is 1.42. The van der Waals surface area contributed by atoms with Crippen molar-refractivity contribution in [2.24, 2.45) is 0 Å². The molecule has 1 N–H and O–H groups in total. The molecule has 1 atom stereocenters. The van der Waals surface area contributed by atoms with E-state index in [2.05, 4.69) is 24.5 Å². The molecule has 23 heavy (non-hydrogen) atoms. The SMILES string of the molecule is C=CC(C)(OS(C)(=O)=O)N(C)/C=C(\S)CNC(=O)OC(C)(C)C. The summed E-state index contributed by atoms with van der Waals surface area (Å²) in [6.07, 6.45) is 3.28. The summed E-state index contributed by atoms with van der Waals surface area (Å²) in [4.78, 5) is 13.5. The number of hydrogen-bond acceptors (Lipinski definition) is 7. The molecule has 0 rings (SSSR count). The summed E-state index contributed by atoms with van der Waals surface area (Å²) in [6.45, 7) is 10.5. The van der Waals surface area contributed by atoms with Crippen molar-refractivity contribution >= 4 is 28.8 Å². The zero-order chi connectivity index (χ0) is 18.5. The van der Waals surface area contributed by atoms with E-state index in [9.17, 15) is 13.2 Å². The monoisotopic (exact) mass is 366 g/mol. The molecule has 0 bridgehead atoms. The summed E-state index contributed by atoms with van der Waals surface area (Å²) in [5, 5.41) is 2.54.